The lowest BCUT2D eigenvalue weighted by atomic mass is 9.91. The van der Waals surface area contributed by atoms with Crippen molar-refractivity contribution in [3.63, 3.8) is 0 Å². The first-order chi connectivity index (χ1) is 9.76. The topological polar surface area (TPSA) is 49.6 Å². The molecule has 5 nitrogen and oxygen atoms in total. The van der Waals surface area contributed by atoms with Crippen LogP contribution in [0, 0.1) is 0 Å². The minimum Gasteiger partial charge on any atom is -0.438 e. The maximum Gasteiger partial charge on any atom is 0.291 e. The van der Waals surface area contributed by atoms with Gasteiger partial charge in [-0.25, -0.2) is 4.98 Å². The van der Waals surface area contributed by atoms with E-state index in [1.54, 1.807) is 0 Å². The van der Waals surface area contributed by atoms with E-state index >= 15 is 0 Å². The third-order valence-corrected chi connectivity index (χ3v) is 6.32. The molecule has 4 heterocycles. The molecule has 3 saturated heterocycles. The Kier molecular flexibility index (Phi) is 3.03. The van der Waals surface area contributed by atoms with Gasteiger partial charge >= 0.3 is 0 Å². The Morgan fingerprint density at radius 3 is 2.90 bits per heavy atom. The van der Waals surface area contributed by atoms with Crippen molar-refractivity contribution in [1.82, 2.24) is 14.8 Å². The first-order valence-corrected chi connectivity index (χ1v) is 8.30. The summed E-state index contributed by atoms with van der Waals surface area (Å²) in [4.78, 5) is 20.5. The smallest absolute Gasteiger partial charge is 0.291 e. The number of likely N-dealkylation sites (tertiary alicyclic amines) is 2. The molecule has 3 fully saturated rings. The van der Waals surface area contributed by atoms with E-state index in [1.165, 1.54) is 50.7 Å². The number of carbonyl (C=O) groups is 1. The van der Waals surface area contributed by atoms with Crippen LogP contribution in [0.15, 0.2) is 17.0 Å². The van der Waals surface area contributed by atoms with Crippen LogP contribution in [0.5, 0.6) is 0 Å². The number of thioether (sulfide) groups is 1. The average Bonchev–Trinajstić information content (AvgIpc) is 3.14. The molecule has 20 heavy (non-hydrogen) atoms. The van der Waals surface area contributed by atoms with Gasteiger partial charge < -0.3 is 9.32 Å². The second kappa shape index (κ2) is 4.77. The van der Waals surface area contributed by atoms with Gasteiger partial charge in [0.15, 0.2) is 6.39 Å². The third-order valence-electron chi connectivity index (χ3n) is 4.73. The normalized spacial score (nSPS) is 29.0. The van der Waals surface area contributed by atoms with Crippen LogP contribution in [0.25, 0.3) is 0 Å². The van der Waals surface area contributed by atoms with Gasteiger partial charge in [0.2, 0.25) is 5.76 Å². The summed E-state index contributed by atoms with van der Waals surface area (Å²) >= 11 is 2.06. The van der Waals surface area contributed by atoms with E-state index < -0.39 is 0 Å². The highest BCUT2D eigenvalue weighted by atomic mass is 32.2. The van der Waals surface area contributed by atoms with Crippen molar-refractivity contribution in [3.8, 4) is 0 Å². The van der Waals surface area contributed by atoms with E-state index in [-0.39, 0.29) is 5.91 Å². The molecule has 0 radical (unpaired) electrons. The quantitative estimate of drug-likeness (QED) is 0.826. The van der Waals surface area contributed by atoms with Gasteiger partial charge in [0, 0.05) is 24.9 Å². The zero-order valence-corrected chi connectivity index (χ0v) is 12.3. The lowest BCUT2D eigenvalue weighted by Gasteiger charge is -2.47. The SMILES string of the molecule is O=C(c1cnco1)N1CC2(CC(N3CCCC3)CS2)C1. The first-order valence-electron chi connectivity index (χ1n) is 7.32. The van der Waals surface area contributed by atoms with Crippen LogP contribution in [0.1, 0.15) is 29.8 Å². The van der Waals surface area contributed by atoms with Crippen molar-refractivity contribution in [2.24, 2.45) is 0 Å². The highest BCUT2D eigenvalue weighted by Crippen LogP contribution is 2.47. The molecule has 0 aromatic carbocycles. The van der Waals surface area contributed by atoms with Crippen LogP contribution in [0.2, 0.25) is 0 Å². The first kappa shape index (κ1) is 12.7. The highest BCUT2D eigenvalue weighted by Gasteiger charge is 2.52. The van der Waals surface area contributed by atoms with Gasteiger partial charge in [-0.2, -0.15) is 0 Å². The monoisotopic (exact) mass is 293 g/mol. The van der Waals surface area contributed by atoms with Crippen LogP contribution >= 0.6 is 11.8 Å². The van der Waals surface area contributed by atoms with Crippen molar-refractivity contribution in [3.05, 3.63) is 18.4 Å². The van der Waals surface area contributed by atoms with Crippen molar-refractivity contribution in [2.45, 2.75) is 30.1 Å². The number of oxazole rings is 1. The van der Waals surface area contributed by atoms with Gasteiger partial charge in [0.1, 0.15) is 0 Å². The Bertz CT molecular complexity index is 493. The van der Waals surface area contributed by atoms with Gasteiger partial charge in [0.25, 0.3) is 5.91 Å². The van der Waals surface area contributed by atoms with E-state index in [1.807, 2.05) is 4.90 Å². The molecule has 3 aliphatic heterocycles. The molecule has 1 aromatic rings. The molecule has 0 N–H and O–H groups in total. The molecule has 4 rings (SSSR count). The molecule has 1 atom stereocenters. The minimum atomic E-state index is -0.0154. The Morgan fingerprint density at radius 2 is 2.20 bits per heavy atom. The summed E-state index contributed by atoms with van der Waals surface area (Å²) in [6.45, 7) is 4.26. The molecule has 1 unspecified atom stereocenters. The molecular weight excluding hydrogens is 274 g/mol. The maximum absolute atomic E-state index is 12.1. The Labute approximate surface area is 122 Å². The largest absolute Gasteiger partial charge is 0.438 e. The lowest BCUT2D eigenvalue weighted by molar-refractivity contribution is 0.0501. The van der Waals surface area contributed by atoms with Crippen molar-refractivity contribution < 1.29 is 9.21 Å². The molecule has 108 valence electrons. The lowest BCUT2D eigenvalue weighted by Crippen LogP contribution is -2.61. The Hall–Kier alpha value is -1.01. The molecule has 0 saturated carbocycles. The number of amides is 1. The fourth-order valence-electron chi connectivity index (χ4n) is 3.65. The van der Waals surface area contributed by atoms with Gasteiger partial charge in [-0.05, 0) is 32.4 Å². The molecule has 1 aromatic heterocycles. The average molecular weight is 293 g/mol. The summed E-state index contributed by atoms with van der Waals surface area (Å²) in [7, 11) is 0. The molecular formula is C14H19N3O2S. The van der Waals surface area contributed by atoms with Crippen molar-refractivity contribution in [2.75, 3.05) is 31.9 Å². The summed E-state index contributed by atoms with van der Waals surface area (Å²) in [6, 6.07) is 0.727. The zero-order valence-electron chi connectivity index (χ0n) is 11.5. The summed E-state index contributed by atoms with van der Waals surface area (Å²) in [5.74, 6) is 1.57. The van der Waals surface area contributed by atoms with Crippen molar-refractivity contribution >= 4 is 17.7 Å². The number of hydrogen-bond acceptors (Lipinski definition) is 5. The number of nitrogens with zero attached hydrogens (tertiary/aromatic N) is 3. The Balaban J connectivity index is 1.35. The molecule has 3 aliphatic rings. The van der Waals surface area contributed by atoms with Gasteiger partial charge in [0.05, 0.1) is 10.9 Å². The third kappa shape index (κ3) is 2.05. The van der Waals surface area contributed by atoms with Gasteiger partial charge in [-0.1, -0.05) is 0 Å². The fourth-order valence-corrected chi connectivity index (χ4v) is 5.33. The van der Waals surface area contributed by atoms with E-state index in [0.29, 0.717) is 10.5 Å². The minimum absolute atomic E-state index is 0.0154. The van der Waals surface area contributed by atoms with Crippen molar-refractivity contribution in [1.29, 1.82) is 0 Å². The summed E-state index contributed by atoms with van der Waals surface area (Å²) in [5, 5.41) is 0. The van der Waals surface area contributed by atoms with E-state index in [2.05, 4.69) is 21.6 Å². The number of aromatic nitrogens is 1. The van der Waals surface area contributed by atoms with Crippen LogP contribution in [-0.4, -0.2) is 63.4 Å². The summed E-state index contributed by atoms with van der Waals surface area (Å²) in [6.07, 6.45) is 6.76. The predicted octanol–water partition coefficient (Wildman–Crippen LogP) is 1.47. The number of carbonyl (C=O) groups excluding carboxylic acids is 1. The second-order valence-electron chi connectivity index (χ2n) is 6.12. The van der Waals surface area contributed by atoms with E-state index in [4.69, 9.17) is 4.42 Å². The highest BCUT2D eigenvalue weighted by molar-refractivity contribution is 8.01. The molecule has 0 aliphatic carbocycles. The number of rotatable bonds is 2. The molecule has 1 amide bonds. The fraction of sp³-hybridized carbons (Fsp3) is 0.714. The maximum atomic E-state index is 12.1. The molecule has 6 heteroatoms. The van der Waals surface area contributed by atoms with Crippen LogP contribution in [-0.2, 0) is 0 Å². The predicted molar refractivity (Wildman–Crippen MR) is 76.8 cm³/mol. The second-order valence-corrected chi connectivity index (χ2v) is 7.61. The van der Waals surface area contributed by atoms with Gasteiger partial charge in [-0.15, -0.1) is 11.8 Å². The van der Waals surface area contributed by atoms with Gasteiger partial charge in [-0.3, -0.25) is 9.69 Å². The standard InChI is InChI=1S/C14H19N3O2S/c18-13(12-6-15-10-19-12)17-8-14(9-17)5-11(7-20-14)16-3-1-2-4-16/h6,10-11H,1-5,7-9H2. The molecule has 0 bridgehead atoms. The zero-order chi connectivity index (χ0) is 13.6. The Morgan fingerprint density at radius 1 is 1.40 bits per heavy atom. The molecule has 1 spiro atoms. The summed E-state index contributed by atoms with van der Waals surface area (Å²) in [5.41, 5.74) is 0. The van der Waals surface area contributed by atoms with Crippen LogP contribution in [0.4, 0.5) is 0 Å². The van der Waals surface area contributed by atoms with E-state index in [0.717, 1.165) is 19.1 Å². The summed E-state index contributed by atoms with van der Waals surface area (Å²) < 4.78 is 5.40. The van der Waals surface area contributed by atoms with Crippen LogP contribution in [0.3, 0.4) is 0 Å². The van der Waals surface area contributed by atoms with E-state index in [9.17, 15) is 4.79 Å². The van der Waals surface area contributed by atoms with Crippen LogP contribution < -0.4 is 0 Å². The number of hydrogen-bond donors (Lipinski definition) is 0.